The minimum atomic E-state index is -3.79. The Morgan fingerprint density at radius 3 is 2.03 bits per heavy atom. The number of ether oxygens (including phenoxy) is 2. The number of hydrogen-bond acceptors (Lipinski definition) is 5. The highest BCUT2D eigenvalue weighted by molar-refractivity contribution is 7.92. The molecule has 0 heterocycles. The number of anilines is 2. The molecule has 0 atom stereocenters. The van der Waals surface area contributed by atoms with Gasteiger partial charge >= 0.3 is 0 Å². The van der Waals surface area contributed by atoms with Gasteiger partial charge in [0.05, 0.1) is 24.8 Å². The maximum Gasteiger partial charge on any atom is 0.261 e. The van der Waals surface area contributed by atoms with Crippen LogP contribution in [0, 0.1) is 0 Å². The highest BCUT2D eigenvalue weighted by Gasteiger charge is 2.15. The lowest BCUT2D eigenvalue weighted by Crippen LogP contribution is -2.14. The average molecular weight is 489 g/mol. The molecule has 0 fully saturated rings. The number of carbonyl (C=O) groups is 1. The van der Waals surface area contributed by atoms with Crippen molar-refractivity contribution in [2.24, 2.45) is 0 Å². The van der Waals surface area contributed by atoms with E-state index in [9.17, 15) is 13.2 Å². The zero-order valence-electron chi connectivity index (χ0n) is 19.2. The van der Waals surface area contributed by atoms with Crippen LogP contribution in [-0.2, 0) is 10.0 Å². The zero-order valence-corrected chi connectivity index (χ0v) is 20.0. The Kier molecular flexibility index (Phi) is 7.03. The summed E-state index contributed by atoms with van der Waals surface area (Å²) in [5, 5.41) is 2.78. The predicted molar refractivity (Wildman–Crippen MR) is 137 cm³/mol. The molecule has 4 aromatic rings. The van der Waals surface area contributed by atoms with Crippen molar-refractivity contribution in [1.29, 1.82) is 0 Å². The van der Waals surface area contributed by atoms with Crippen molar-refractivity contribution in [2.75, 3.05) is 24.3 Å². The number of methoxy groups -OCH3 is 2. The molecule has 2 N–H and O–H groups in total. The summed E-state index contributed by atoms with van der Waals surface area (Å²) in [5.41, 5.74) is 3.12. The molecule has 4 aromatic carbocycles. The third-order valence-corrected chi connectivity index (χ3v) is 6.73. The van der Waals surface area contributed by atoms with Gasteiger partial charge < -0.3 is 14.8 Å². The summed E-state index contributed by atoms with van der Waals surface area (Å²) < 4.78 is 38.6. The second-order valence-electron chi connectivity index (χ2n) is 7.59. The van der Waals surface area contributed by atoms with Gasteiger partial charge in [-0.15, -0.1) is 0 Å². The van der Waals surface area contributed by atoms with Gasteiger partial charge in [-0.3, -0.25) is 9.52 Å². The van der Waals surface area contributed by atoms with Gasteiger partial charge in [0.2, 0.25) is 0 Å². The standard InChI is InChI=1S/C27H24N2O5S/c1-33-23-14-17-25(26(18-23)34-2)28-27(30)21-8-12-22(13-9-21)29-35(31,32)24-15-10-20(11-16-24)19-6-4-3-5-7-19/h3-18,29H,1-2H3,(H,28,30). The van der Waals surface area contributed by atoms with Crippen molar-refractivity contribution >= 4 is 27.3 Å². The Morgan fingerprint density at radius 2 is 1.40 bits per heavy atom. The summed E-state index contributed by atoms with van der Waals surface area (Å²) >= 11 is 0. The molecule has 4 rings (SSSR count). The molecule has 178 valence electrons. The fraction of sp³-hybridized carbons (Fsp3) is 0.0741. The van der Waals surface area contributed by atoms with Crippen LogP contribution in [0.25, 0.3) is 11.1 Å². The average Bonchev–Trinajstić information content (AvgIpc) is 2.89. The smallest absolute Gasteiger partial charge is 0.261 e. The number of hydrogen-bond donors (Lipinski definition) is 2. The molecule has 0 saturated heterocycles. The third-order valence-electron chi connectivity index (χ3n) is 5.33. The van der Waals surface area contributed by atoms with E-state index >= 15 is 0 Å². The molecule has 7 nitrogen and oxygen atoms in total. The SMILES string of the molecule is COc1ccc(NC(=O)c2ccc(NS(=O)(=O)c3ccc(-c4ccccc4)cc3)cc2)c(OC)c1. The highest BCUT2D eigenvalue weighted by atomic mass is 32.2. The van der Waals surface area contributed by atoms with E-state index in [-0.39, 0.29) is 10.8 Å². The lowest BCUT2D eigenvalue weighted by atomic mass is 10.1. The van der Waals surface area contributed by atoms with Crippen molar-refractivity contribution in [1.82, 2.24) is 0 Å². The van der Waals surface area contributed by atoms with Crippen LogP contribution in [0.3, 0.4) is 0 Å². The van der Waals surface area contributed by atoms with E-state index < -0.39 is 10.0 Å². The molecule has 0 aliphatic heterocycles. The second kappa shape index (κ2) is 10.3. The first-order valence-corrected chi connectivity index (χ1v) is 12.2. The zero-order chi connectivity index (χ0) is 24.8. The molecular formula is C27H24N2O5S. The molecule has 8 heteroatoms. The number of carbonyl (C=O) groups excluding carboxylic acids is 1. The first kappa shape index (κ1) is 23.8. The Balaban J connectivity index is 1.44. The molecule has 0 bridgehead atoms. The van der Waals surface area contributed by atoms with Crippen LogP contribution >= 0.6 is 0 Å². The molecule has 35 heavy (non-hydrogen) atoms. The van der Waals surface area contributed by atoms with E-state index in [2.05, 4.69) is 10.0 Å². The number of rotatable bonds is 8. The van der Waals surface area contributed by atoms with Gasteiger partial charge in [0.25, 0.3) is 15.9 Å². The molecule has 0 spiro atoms. The summed E-state index contributed by atoms with van der Waals surface area (Å²) in [6.07, 6.45) is 0. The number of sulfonamides is 1. The van der Waals surface area contributed by atoms with Crippen molar-refractivity contribution in [3.05, 3.63) is 103 Å². The minimum Gasteiger partial charge on any atom is -0.497 e. The van der Waals surface area contributed by atoms with Gasteiger partial charge in [0.15, 0.2) is 0 Å². The van der Waals surface area contributed by atoms with Crippen molar-refractivity contribution in [3.63, 3.8) is 0 Å². The second-order valence-corrected chi connectivity index (χ2v) is 9.28. The summed E-state index contributed by atoms with van der Waals surface area (Å²) in [6.45, 7) is 0. The first-order valence-electron chi connectivity index (χ1n) is 10.7. The molecule has 0 radical (unpaired) electrons. The molecule has 1 amide bonds. The van der Waals surface area contributed by atoms with E-state index in [1.807, 2.05) is 30.3 Å². The fourth-order valence-electron chi connectivity index (χ4n) is 3.46. The van der Waals surface area contributed by atoms with Crippen LogP contribution in [0.4, 0.5) is 11.4 Å². The van der Waals surface area contributed by atoms with Crippen molar-refractivity contribution in [3.8, 4) is 22.6 Å². The highest BCUT2D eigenvalue weighted by Crippen LogP contribution is 2.29. The maximum absolute atomic E-state index is 12.8. The molecule has 0 aliphatic rings. The normalized spacial score (nSPS) is 10.9. The third kappa shape index (κ3) is 5.62. The van der Waals surface area contributed by atoms with Gasteiger partial charge in [0.1, 0.15) is 11.5 Å². The van der Waals surface area contributed by atoms with E-state index in [1.165, 1.54) is 19.2 Å². The summed E-state index contributed by atoms with van der Waals surface area (Å²) in [6, 6.07) is 27.6. The van der Waals surface area contributed by atoms with Crippen LogP contribution in [0.2, 0.25) is 0 Å². The Hall–Kier alpha value is -4.30. The lowest BCUT2D eigenvalue weighted by molar-refractivity contribution is 0.102. The molecule has 0 aromatic heterocycles. The van der Waals surface area contributed by atoms with Crippen LogP contribution < -0.4 is 19.5 Å². The number of amides is 1. The first-order chi connectivity index (χ1) is 16.9. The van der Waals surface area contributed by atoms with E-state index in [4.69, 9.17) is 9.47 Å². The van der Waals surface area contributed by atoms with Crippen molar-refractivity contribution in [2.45, 2.75) is 4.90 Å². The van der Waals surface area contributed by atoms with Crippen LogP contribution in [0.15, 0.2) is 102 Å². The van der Waals surface area contributed by atoms with Crippen molar-refractivity contribution < 1.29 is 22.7 Å². The van der Waals surface area contributed by atoms with E-state index in [0.29, 0.717) is 28.4 Å². The van der Waals surface area contributed by atoms with Crippen LogP contribution in [0.1, 0.15) is 10.4 Å². The maximum atomic E-state index is 12.8. The van der Waals surface area contributed by atoms with E-state index in [1.54, 1.807) is 61.7 Å². The largest absolute Gasteiger partial charge is 0.497 e. The van der Waals surface area contributed by atoms with Gasteiger partial charge in [-0.1, -0.05) is 42.5 Å². The summed E-state index contributed by atoms with van der Waals surface area (Å²) in [7, 11) is -0.744. The van der Waals surface area contributed by atoms with Gasteiger partial charge in [0, 0.05) is 17.3 Å². The monoisotopic (exact) mass is 488 g/mol. The topological polar surface area (TPSA) is 93.7 Å². The van der Waals surface area contributed by atoms with Crippen LogP contribution in [-0.4, -0.2) is 28.5 Å². The summed E-state index contributed by atoms with van der Waals surface area (Å²) in [5.74, 6) is 0.700. The molecular weight excluding hydrogens is 464 g/mol. The fourth-order valence-corrected chi connectivity index (χ4v) is 4.52. The summed E-state index contributed by atoms with van der Waals surface area (Å²) in [4.78, 5) is 12.8. The molecule has 0 unspecified atom stereocenters. The predicted octanol–water partition coefficient (Wildman–Crippen LogP) is 5.42. The van der Waals surface area contributed by atoms with Gasteiger partial charge in [-0.25, -0.2) is 8.42 Å². The molecule has 0 aliphatic carbocycles. The Bertz CT molecular complexity index is 1420. The van der Waals surface area contributed by atoms with Gasteiger partial charge in [-0.2, -0.15) is 0 Å². The minimum absolute atomic E-state index is 0.144. The number of nitrogens with one attached hydrogen (secondary N) is 2. The van der Waals surface area contributed by atoms with Gasteiger partial charge in [-0.05, 0) is 59.7 Å². The Labute approximate surface area is 204 Å². The number of benzene rings is 4. The molecule has 0 saturated carbocycles. The quantitative estimate of drug-likeness (QED) is 0.345. The van der Waals surface area contributed by atoms with Crippen LogP contribution in [0.5, 0.6) is 11.5 Å². The lowest BCUT2D eigenvalue weighted by Gasteiger charge is -2.12. The Morgan fingerprint density at radius 1 is 0.743 bits per heavy atom. The van der Waals surface area contributed by atoms with E-state index in [0.717, 1.165) is 11.1 Å².